The third kappa shape index (κ3) is 2.90. The number of fused-ring (bicyclic) bond motifs is 1. The van der Waals surface area contributed by atoms with E-state index in [2.05, 4.69) is 36.6 Å². The van der Waals surface area contributed by atoms with E-state index in [1.807, 2.05) is 24.3 Å². The highest BCUT2D eigenvalue weighted by atomic mass is 79.9. The number of nitrogens with zero attached hydrogens (tertiary/aromatic N) is 4. The van der Waals surface area contributed by atoms with E-state index in [1.165, 1.54) is 0 Å². The summed E-state index contributed by atoms with van der Waals surface area (Å²) in [6.45, 7) is 0.329. The molecule has 0 saturated heterocycles. The Morgan fingerprint density at radius 3 is 2.69 bits per heavy atom. The first-order chi connectivity index (χ1) is 12.5. The van der Waals surface area contributed by atoms with E-state index < -0.39 is 11.5 Å². The standard InChI is InChI=1S/C17H13BrClN5O2/c18-11-3-1-10(2-4-11)9-24-14-6-5-12(19)7-13(14)17(26,16(24)25)8-15-20-22-23-21-15/h1-7,26H,8-9H2,(H,20,21,22,23). The van der Waals surface area contributed by atoms with Crippen molar-refractivity contribution < 1.29 is 9.90 Å². The molecule has 1 aromatic heterocycles. The fourth-order valence-electron chi connectivity index (χ4n) is 3.11. The van der Waals surface area contributed by atoms with E-state index in [1.54, 1.807) is 23.1 Å². The van der Waals surface area contributed by atoms with Crippen molar-refractivity contribution in [2.24, 2.45) is 0 Å². The highest BCUT2D eigenvalue weighted by Crippen LogP contribution is 2.43. The maximum absolute atomic E-state index is 13.1. The van der Waals surface area contributed by atoms with Crippen molar-refractivity contribution in [3.63, 3.8) is 0 Å². The molecular formula is C17H13BrClN5O2. The Kier molecular flexibility index (Phi) is 4.26. The molecule has 9 heteroatoms. The van der Waals surface area contributed by atoms with Crippen molar-refractivity contribution in [3.8, 4) is 0 Å². The number of aromatic amines is 1. The van der Waals surface area contributed by atoms with Crippen LogP contribution in [0.15, 0.2) is 46.9 Å². The number of rotatable bonds is 4. The number of tetrazole rings is 1. The van der Waals surface area contributed by atoms with Gasteiger partial charge >= 0.3 is 0 Å². The lowest BCUT2D eigenvalue weighted by atomic mass is 9.91. The van der Waals surface area contributed by atoms with Crippen molar-refractivity contribution in [1.29, 1.82) is 0 Å². The number of benzene rings is 2. The summed E-state index contributed by atoms with van der Waals surface area (Å²) in [7, 11) is 0. The van der Waals surface area contributed by atoms with Crippen LogP contribution in [0.3, 0.4) is 0 Å². The number of anilines is 1. The number of aliphatic hydroxyl groups is 1. The fourth-order valence-corrected chi connectivity index (χ4v) is 3.55. The number of hydrogen-bond acceptors (Lipinski definition) is 5. The smallest absolute Gasteiger partial charge is 0.264 e. The molecule has 2 aromatic carbocycles. The minimum absolute atomic E-state index is 0.0908. The molecule has 1 amide bonds. The summed E-state index contributed by atoms with van der Waals surface area (Å²) in [5, 5.41) is 25.2. The molecule has 0 saturated carbocycles. The average molecular weight is 435 g/mol. The van der Waals surface area contributed by atoms with E-state index in [0.717, 1.165) is 10.0 Å². The summed E-state index contributed by atoms with van der Waals surface area (Å²) in [5.74, 6) is -0.195. The van der Waals surface area contributed by atoms with Crippen molar-refractivity contribution in [1.82, 2.24) is 20.6 Å². The Balaban J connectivity index is 1.75. The number of H-pyrrole nitrogens is 1. The van der Waals surface area contributed by atoms with Crippen LogP contribution in [0.4, 0.5) is 5.69 Å². The first kappa shape index (κ1) is 17.1. The third-order valence-electron chi connectivity index (χ3n) is 4.35. The predicted molar refractivity (Wildman–Crippen MR) is 98.6 cm³/mol. The summed E-state index contributed by atoms with van der Waals surface area (Å²) in [6.07, 6.45) is -0.0908. The number of halogens is 2. The largest absolute Gasteiger partial charge is 0.375 e. The average Bonchev–Trinajstić information content (AvgIpc) is 3.19. The van der Waals surface area contributed by atoms with Crippen molar-refractivity contribution in [3.05, 3.63) is 68.9 Å². The molecule has 1 aliphatic rings. The number of aromatic nitrogens is 4. The molecule has 132 valence electrons. The van der Waals surface area contributed by atoms with E-state index in [4.69, 9.17) is 11.6 Å². The van der Waals surface area contributed by atoms with Gasteiger partial charge in [0.05, 0.1) is 18.7 Å². The van der Waals surface area contributed by atoms with Crippen LogP contribution < -0.4 is 4.90 Å². The minimum Gasteiger partial charge on any atom is -0.375 e. The van der Waals surface area contributed by atoms with Crippen LogP contribution in [0.25, 0.3) is 0 Å². The highest BCUT2D eigenvalue weighted by molar-refractivity contribution is 9.10. The summed E-state index contributed by atoms with van der Waals surface area (Å²) in [5.41, 5.74) is 0.205. The maximum atomic E-state index is 13.1. The van der Waals surface area contributed by atoms with Gasteiger partial charge < -0.3 is 10.0 Å². The lowest BCUT2D eigenvalue weighted by Gasteiger charge is -2.22. The third-order valence-corrected chi connectivity index (χ3v) is 5.11. The van der Waals surface area contributed by atoms with Gasteiger partial charge in [-0.2, -0.15) is 5.21 Å². The Labute approximate surface area is 162 Å². The fraction of sp³-hybridized carbons (Fsp3) is 0.176. The van der Waals surface area contributed by atoms with Gasteiger partial charge in [-0.1, -0.05) is 44.9 Å². The second-order valence-electron chi connectivity index (χ2n) is 6.04. The molecule has 1 atom stereocenters. The molecule has 1 aliphatic heterocycles. The Morgan fingerprint density at radius 1 is 1.23 bits per heavy atom. The molecule has 1 unspecified atom stereocenters. The first-order valence-corrected chi connectivity index (χ1v) is 8.95. The molecule has 26 heavy (non-hydrogen) atoms. The zero-order valence-electron chi connectivity index (χ0n) is 13.4. The van der Waals surface area contributed by atoms with Gasteiger partial charge in [-0.25, -0.2) is 0 Å². The van der Waals surface area contributed by atoms with Crippen LogP contribution in [0, 0.1) is 0 Å². The molecule has 0 spiro atoms. The second-order valence-corrected chi connectivity index (χ2v) is 7.40. The molecule has 0 fully saturated rings. The number of nitrogens with one attached hydrogen (secondary N) is 1. The number of amides is 1. The van der Waals surface area contributed by atoms with Crippen LogP contribution >= 0.6 is 27.5 Å². The van der Waals surface area contributed by atoms with Gasteiger partial charge in [-0.3, -0.25) is 4.79 Å². The van der Waals surface area contributed by atoms with Crippen molar-refractivity contribution >= 4 is 39.1 Å². The SMILES string of the molecule is O=C1N(Cc2ccc(Br)cc2)c2ccc(Cl)cc2C1(O)Cc1nn[nH]n1. The Morgan fingerprint density at radius 2 is 2.00 bits per heavy atom. The molecule has 2 heterocycles. The van der Waals surface area contributed by atoms with E-state index in [0.29, 0.717) is 22.8 Å². The normalized spacial score (nSPS) is 19.0. The number of carbonyl (C=O) groups excluding carboxylic acids is 1. The lowest BCUT2D eigenvalue weighted by Crippen LogP contribution is -2.41. The topological polar surface area (TPSA) is 95.0 Å². The molecule has 2 N–H and O–H groups in total. The summed E-state index contributed by atoms with van der Waals surface area (Å²) < 4.78 is 0.954. The molecule has 0 aliphatic carbocycles. The van der Waals surface area contributed by atoms with E-state index in [-0.39, 0.29) is 12.2 Å². The van der Waals surface area contributed by atoms with Gasteiger partial charge in [0.25, 0.3) is 5.91 Å². The highest BCUT2D eigenvalue weighted by Gasteiger charge is 2.50. The second kappa shape index (κ2) is 6.46. The van der Waals surface area contributed by atoms with Crippen LogP contribution in [-0.4, -0.2) is 31.6 Å². The van der Waals surface area contributed by atoms with Crippen LogP contribution in [0.1, 0.15) is 17.0 Å². The van der Waals surface area contributed by atoms with Gasteiger partial charge in [0.15, 0.2) is 11.4 Å². The molecule has 0 bridgehead atoms. The Hall–Kier alpha value is -2.29. The molecule has 0 radical (unpaired) electrons. The Bertz CT molecular complexity index is 964. The number of hydrogen-bond donors (Lipinski definition) is 2. The summed E-state index contributed by atoms with van der Waals surface area (Å²) in [6, 6.07) is 12.7. The molecule has 3 aromatic rings. The van der Waals surface area contributed by atoms with Crippen LogP contribution in [-0.2, 0) is 23.4 Å². The lowest BCUT2D eigenvalue weighted by molar-refractivity contribution is -0.136. The first-order valence-electron chi connectivity index (χ1n) is 7.78. The molecule has 7 nitrogen and oxygen atoms in total. The quantitative estimate of drug-likeness (QED) is 0.658. The molecule has 4 rings (SSSR count). The van der Waals surface area contributed by atoms with Gasteiger partial charge in [-0.05, 0) is 35.9 Å². The van der Waals surface area contributed by atoms with E-state index in [9.17, 15) is 9.90 Å². The zero-order chi connectivity index (χ0) is 18.3. The molecular weight excluding hydrogens is 422 g/mol. The summed E-state index contributed by atoms with van der Waals surface area (Å²) >= 11 is 9.51. The number of carbonyl (C=O) groups is 1. The van der Waals surface area contributed by atoms with E-state index >= 15 is 0 Å². The summed E-state index contributed by atoms with van der Waals surface area (Å²) in [4.78, 5) is 14.7. The zero-order valence-corrected chi connectivity index (χ0v) is 15.7. The maximum Gasteiger partial charge on any atom is 0.264 e. The monoisotopic (exact) mass is 433 g/mol. The van der Waals surface area contributed by atoms with Gasteiger partial charge in [-0.15, -0.1) is 10.2 Å². The predicted octanol–water partition coefficient (Wildman–Crippen LogP) is 2.59. The van der Waals surface area contributed by atoms with Gasteiger partial charge in [0, 0.05) is 15.1 Å². The van der Waals surface area contributed by atoms with Gasteiger partial charge in [0.1, 0.15) is 0 Å². The van der Waals surface area contributed by atoms with Gasteiger partial charge in [0.2, 0.25) is 0 Å². The van der Waals surface area contributed by atoms with Crippen molar-refractivity contribution in [2.45, 2.75) is 18.6 Å². The van der Waals surface area contributed by atoms with Crippen LogP contribution in [0.2, 0.25) is 5.02 Å². The minimum atomic E-state index is -1.79. The van der Waals surface area contributed by atoms with Crippen molar-refractivity contribution in [2.75, 3.05) is 4.90 Å². The van der Waals surface area contributed by atoms with Crippen LogP contribution in [0.5, 0.6) is 0 Å².